The molecule has 1 aliphatic heterocycles. The molecule has 3 atom stereocenters. The van der Waals surface area contributed by atoms with Gasteiger partial charge in [-0.1, -0.05) is 12.8 Å². The number of unbranched alkanes of at least 4 members (excludes halogenated alkanes) is 3. The Kier molecular flexibility index (Phi) is 14.5. The van der Waals surface area contributed by atoms with Crippen molar-refractivity contribution in [1.29, 1.82) is 0 Å². The van der Waals surface area contributed by atoms with Crippen molar-refractivity contribution in [2.24, 2.45) is 0 Å². The Morgan fingerprint density at radius 2 is 1.78 bits per heavy atom. The van der Waals surface area contributed by atoms with Gasteiger partial charge in [-0.15, -0.1) is 11.6 Å². The third-order valence-electron chi connectivity index (χ3n) is 6.81. The maximum absolute atomic E-state index is 12.4. The fraction of sp³-hybridized carbons (Fsp3) is 0.704. The summed E-state index contributed by atoms with van der Waals surface area (Å²) in [5.41, 5.74) is 7.31. The van der Waals surface area contributed by atoms with E-state index in [1.54, 1.807) is 10.8 Å². The number of nitrogens with zero attached hydrogens (tertiary/aromatic N) is 3. The molecule has 41 heavy (non-hydrogen) atoms. The van der Waals surface area contributed by atoms with Crippen LogP contribution in [0.5, 0.6) is 0 Å². The first-order valence-corrected chi connectivity index (χ1v) is 14.8. The molecule has 2 aromatic rings. The predicted molar refractivity (Wildman–Crippen MR) is 153 cm³/mol. The van der Waals surface area contributed by atoms with Gasteiger partial charge in [0.1, 0.15) is 30.1 Å². The molecule has 1 fully saturated rings. The highest BCUT2D eigenvalue weighted by molar-refractivity contribution is 6.17. The molecule has 0 saturated carbocycles. The average Bonchev–Trinajstić information content (AvgIpc) is 3.53. The van der Waals surface area contributed by atoms with E-state index in [2.05, 4.69) is 20.6 Å². The molecule has 1 saturated heterocycles. The summed E-state index contributed by atoms with van der Waals surface area (Å²) < 4.78 is 18.5. The molecule has 13 nitrogen and oxygen atoms in total. The van der Waals surface area contributed by atoms with Gasteiger partial charge in [-0.05, 0) is 19.3 Å². The number of aliphatic hydroxyl groups excluding tert-OH is 2. The van der Waals surface area contributed by atoms with Crippen molar-refractivity contribution < 1.29 is 34.0 Å². The number of aromatic nitrogens is 3. The van der Waals surface area contributed by atoms with E-state index in [-0.39, 0.29) is 50.0 Å². The summed E-state index contributed by atoms with van der Waals surface area (Å²) >= 11 is 5.65. The molecule has 0 aromatic carbocycles. The largest absolute Gasteiger partial charge is 0.394 e. The molecular formula is C27H43ClN6O7. The lowest BCUT2D eigenvalue weighted by molar-refractivity contribution is -0.122. The molecule has 2 aromatic heterocycles. The Bertz CT molecular complexity index is 1090. The first kappa shape index (κ1) is 33.0. The number of amides is 2. The van der Waals surface area contributed by atoms with E-state index in [0.29, 0.717) is 61.9 Å². The van der Waals surface area contributed by atoms with Gasteiger partial charge < -0.3 is 45.4 Å². The number of halogens is 1. The van der Waals surface area contributed by atoms with E-state index >= 15 is 0 Å². The molecular weight excluding hydrogens is 556 g/mol. The Morgan fingerprint density at radius 1 is 1.05 bits per heavy atom. The predicted octanol–water partition coefficient (Wildman–Crippen LogP) is 1.39. The zero-order valence-electron chi connectivity index (χ0n) is 23.4. The number of aliphatic hydroxyl groups is 2. The van der Waals surface area contributed by atoms with Crippen molar-refractivity contribution in [3.63, 3.8) is 0 Å². The number of carbonyl (C=O) groups is 2. The topological polar surface area (TPSA) is 183 Å². The number of fused-ring (bicyclic) bond motifs is 1. The van der Waals surface area contributed by atoms with Crippen LogP contribution in [0.3, 0.4) is 0 Å². The number of hydrogen-bond donors (Lipinski definition) is 5. The molecule has 230 valence electrons. The monoisotopic (exact) mass is 598 g/mol. The Morgan fingerprint density at radius 3 is 2.51 bits per heavy atom. The second-order valence-electron chi connectivity index (χ2n) is 9.94. The number of anilines is 1. The first-order chi connectivity index (χ1) is 19.9. The molecule has 0 radical (unpaired) electrons. The normalized spacial score (nSPS) is 18.7. The number of hydrogen-bond acceptors (Lipinski definition) is 10. The van der Waals surface area contributed by atoms with Crippen LogP contribution in [0, 0.1) is 0 Å². The lowest BCUT2D eigenvalue weighted by Gasteiger charge is -2.14. The molecule has 0 bridgehead atoms. The lowest BCUT2D eigenvalue weighted by atomic mass is 10.2. The summed E-state index contributed by atoms with van der Waals surface area (Å²) in [6.45, 7) is 2.41. The Hall–Kier alpha value is -2.55. The Labute approximate surface area is 245 Å². The zero-order valence-corrected chi connectivity index (χ0v) is 24.2. The summed E-state index contributed by atoms with van der Waals surface area (Å²) in [6, 6.07) is 0. The number of rotatable bonds is 20. The molecule has 0 spiro atoms. The molecule has 2 amide bonds. The minimum absolute atomic E-state index is 0.137. The molecule has 3 heterocycles. The summed E-state index contributed by atoms with van der Waals surface area (Å²) in [5.74, 6) is 0.629. The van der Waals surface area contributed by atoms with Crippen LogP contribution in [0.25, 0.3) is 11.0 Å². The molecule has 3 rings (SSSR count). The van der Waals surface area contributed by atoms with Gasteiger partial charge in [-0.3, -0.25) is 9.59 Å². The van der Waals surface area contributed by atoms with E-state index < -0.39 is 18.4 Å². The minimum Gasteiger partial charge on any atom is -0.394 e. The highest BCUT2D eigenvalue weighted by Crippen LogP contribution is 2.34. The van der Waals surface area contributed by atoms with E-state index in [1.165, 1.54) is 6.33 Å². The SMILES string of the molecule is Nc1ncnc2c1c(CNC(=O)CCCC(=O)NCCOCCOCCCCCCCl)cn2C1CC(O)C(CO)O1. The highest BCUT2D eigenvalue weighted by atomic mass is 35.5. The molecule has 0 aliphatic carbocycles. The van der Waals surface area contributed by atoms with E-state index in [9.17, 15) is 19.8 Å². The number of alkyl halides is 1. The van der Waals surface area contributed by atoms with Crippen LogP contribution in [-0.2, 0) is 30.3 Å². The van der Waals surface area contributed by atoms with Crippen molar-refractivity contribution in [2.45, 2.75) is 76.3 Å². The maximum Gasteiger partial charge on any atom is 0.220 e. The zero-order chi connectivity index (χ0) is 29.5. The number of carbonyl (C=O) groups excluding carboxylic acids is 2. The van der Waals surface area contributed by atoms with Crippen LogP contribution in [0.1, 0.15) is 63.2 Å². The van der Waals surface area contributed by atoms with Gasteiger partial charge in [0.2, 0.25) is 11.8 Å². The van der Waals surface area contributed by atoms with Crippen LogP contribution >= 0.6 is 11.6 Å². The quantitative estimate of drug-likeness (QED) is 0.110. The summed E-state index contributed by atoms with van der Waals surface area (Å²) in [4.78, 5) is 32.9. The third-order valence-corrected chi connectivity index (χ3v) is 7.08. The maximum atomic E-state index is 12.4. The fourth-order valence-electron chi connectivity index (χ4n) is 4.61. The van der Waals surface area contributed by atoms with Crippen molar-refractivity contribution in [3.8, 4) is 0 Å². The van der Waals surface area contributed by atoms with Crippen molar-refractivity contribution in [3.05, 3.63) is 18.1 Å². The summed E-state index contributed by atoms with van der Waals surface area (Å²) in [7, 11) is 0. The minimum atomic E-state index is -0.805. The van der Waals surface area contributed by atoms with Crippen LogP contribution in [-0.4, -0.2) is 94.2 Å². The average molecular weight is 599 g/mol. The fourth-order valence-corrected chi connectivity index (χ4v) is 4.80. The number of ether oxygens (including phenoxy) is 3. The molecule has 1 aliphatic rings. The van der Waals surface area contributed by atoms with Gasteiger partial charge in [0, 0.05) is 56.6 Å². The smallest absolute Gasteiger partial charge is 0.220 e. The second kappa shape index (κ2) is 18.1. The Balaban J connectivity index is 1.30. The van der Waals surface area contributed by atoms with Gasteiger partial charge in [-0.2, -0.15) is 0 Å². The van der Waals surface area contributed by atoms with E-state index in [4.69, 9.17) is 31.5 Å². The van der Waals surface area contributed by atoms with Gasteiger partial charge >= 0.3 is 0 Å². The molecule has 6 N–H and O–H groups in total. The number of nitrogens with one attached hydrogen (secondary N) is 2. The highest BCUT2D eigenvalue weighted by Gasteiger charge is 2.35. The van der Waals surface area contributed by atoms with Gasteiger partial charge in [-0.25, -0.2) is 9.97 Å². The first-order valence-electron chi connectivity index (χ1n) is 14.2. The van der Waals surface area contributed by atoms with Crippen molar-refractivity contribution in [1.82, 2.24) is 25.2 Å². The van der Waals surface area contributed by atoms with Crippen LogP contribution in [0.4, 0.5) is 5.82 Å². The van der Waals surface area contributed by atoms with E-state index in [1.807, 2.05) is 0 Å². The van der Waals surface area contributed by atoms with Crippen LogP contribution in [0.2, 0.25) is 0 Å². The number of nitrogen functional groups attached to an aromatic ring is 1. The van der Waals surface area contributed by atoms with Crippen molar-refractivity contribution in [2.75, 3.05) is 51.2 Å². The van der Waals surface area contributed by atoms with Crippen molar-refractivity contribution >= 4 is 40.3 Å². The van der Waals surface area contributed by atoms with Gasteiger partial charge in [0.25, 0.3) is 0 Å². The van der Waals surface area contributed by atoms with Gasteiger partial charge in [0.15, 0.2) is 0 Å². The molecule has 14 heteroatoms. The second-order valence-corrected chi connectivity index (χ2v) is 10.3. The lowest BCUT2D eigenvalue weighted by Crippen LogP contribution is -2.28. The van der Waals surface area contributed by atoms with E-state index in [0.717, 1.165) is 25.7 Å². The standard InChI is InChI=1S/C27H43ClN6O7/c28-8-3-1-2-4-10-39-12-13-40-11-9-30-22(37)6-5-7-23(38)31-15-19-16-34(24-14-20(36)21(17-35)41-24)27-25(19)26(29)32-18-33-27/h16,18,20-21,24,35-36H,1-15,17H2,(H,30,37)(H,31,38)(H2,29,32,33). The van der Waals surface area contributed by atoms with Gasteiger partial charge in [0.05, 0.1) is 37.9 Å². The number of nitrogens with two attached hydrogens (primary N) is 1. The molecule has 3 unspecified atom stereocenters. The third kappa shape index (κ3) is 10.7. The summed E-state index contributed by atoms with van der Waals surface area (Å²) in [6.07, 6.45) is 6.48. The summed E-state index contributed by atoms with van der Waals surface area (Å²) in [5, 5.41) is 25.8. The van der Waals surface area contributed by atoms with Crippen LogP contribution in [0.15, 0.2) is 12.5 Å². The van der Waals surface area contributed by atoms with Crippen LogP contribution < -0.4 is 16.4 Å².